The predicted molar refractivity (Wildman–Crippen MR) is 87.0 cm³/mol. The zero-order valence-electron chi connectivity index (χ0n) is 12.8. The highest BCUT2D eigenvalue weighted by Crippen LogP contribution is 2.37. The number of hydrogen-bond donors (Lipinski definition) is 0. The van der Waals surface area contributed by atoms with Gasteiger partial charge in [0.2, 0.25) is 0 Å². The molecule has 0 N–H and O–H groups in total. The Morgan fingerprint density at radius 2 is 1.70 bits per heavy atom. The van der Waals surface area contributed by atoms with Gasteiger partial charge in [0.25, 0.3) is 0 Å². The van der Waals surface area contributed by atoms with Gasteiger partial charge < -0.3 is 4.74 Å². The standard InChI is InChI=1S/C18H21ClO/c1-11(2)14-6-12(3)7-15(9-14)18-13(4)8-16(19)10-17(18)20-5/h6-11H,1-5H3. The Hall–Kier alpha value is -1.47. The van der Waals surface area contributed by atoms with Crippen molar-refractivity contribution in [3.05, 3.63) is 52.0 Å². The summed E-state index contributed by atoms with van der Waals surface area (Å²) in [6, 6.07) is 10.5. The summed E-state index contributed by atoms with van der Waals surface area (Å²) in [5.74, 6) is 1.34. The first-order valence-electron chi connectivity index (χ1n) is 6.88. The third kappa shape index (κ3) is 2.99. The quantitative estimate of drug-likeness (QED) is 0.698. The second kappa shape index (κ2) is 5.88. The van der Waals surface area contributed by atoms with Crippen molar-refractivity contribution in [1.82, 2.24) is 0 Å². The lowest BCUT2D eigenvalue weighted by molar-refractivity contribution is 0.416. The van der Waals surface area contributed by atoms with E-state index in [-0.39, 0.29) is 0 Å². The molecule has 0 aliphatic heterocycles. The number of methoxy groups -OCH3 is 1. The zero-order valence-corrected chi connectivity index (χ0v) is 13.5. The third-order valence-corrected chi connectivity index (χ3v) is 3.76. The van der Waals surface area contributed by atoms with Crippen LogP contribution in [0.1, 0.15) is 36.5 Å². The number of aryl methyl sites for hydroxylation is 2. The summed E-state index contributed by atoms with van der Waals surface area (Å²) in [6.07, 6.45) is 0. The number of benzene rings is 2. The van der Waals surface area contributed by atoms with Gasteiger partial charge in [0, 0.05) is 10.6 Å². The van der Waals surface area contributed by atoms with Gasteiger partial charge in [-0.15, -0.1) is 0 Å². The minimum atomic E-state index is 0.507. The molecule has 0 saturated heterocycles. The van der Waals surface area contributed by atoms with Crippen LogP contribution in [0.3, 0.4) is 0 Å². The molecule has 2 aromatic carbocycles. The smallest absolute Gasteiger partial charge is 0.128 e. The molecule has 0 bridgehead atoms. The maximum atomic E-state index is 6.12. The number of rotatable bonds is 3. The summed E-state index contributed by atoms with van der Waals surface area (Å²) in [7, 11) is 1.69. The molecule has 0 saturated carbocycles. The van der Waals surface area contributed by atoms with Crippen LogP contribution in [-0.2, 0) is 0 Å². The second-order valence-electron chi connectivity index (χ2n) is 5.59. The van der Waals surface area contributed by atoms with E-state index in [0.717, 1.165) is 16.9 Å². The van der Waals surface area contributed by atoms with E-state index in [9.17, 15) is 0 Å². The highest BCUT2D eigenvalue weighted by molar-refractivity contribution is 6.31. The van der Waals surface area contributed by atoms with E-state index in [1.54, 1.807) is 7.11 Å². The van der Waals surface area contributed by atoms with Crippen molar-refractivity contribution < 1.29 is 4.74 Å². The number of hydrogen-bond acceptors (Lipinski definition) is 1. The summed E-state index contributed by atoms with van der Waals surface area (Å²) < 4.78 is 5.52. The third-order valence-electron chi connectivity index (χ3n) is 3.54. The van der Waals surface area contributed by atoms with Crippen LogP contribution in [0, 0.1) is 13.8 Å². The lowest BCUT2D eigenvalue weighted by atomic mass is 9.92. The molecule has 2 heteroatoms. The molecular formula is C18H21ClO. The summed E-state index contributed by atoms with van der Waals surface area (Å²) in [5, 5.41) is 0.708. The fraction of sp³-hybridized carbons (Fsp3) is 0.333. The summed E-state index contributed by atoms with van der Waals surface area (Å²) in [4.78, 5) is 0. The molecule has 0 atom stereocenters. The van der Waals surface area contributed by atoms with Crippen molar-refractivity contribution in [2.45, 2.75) is 33.6 Å². The summed E-state index contributed by atoms with van der Waals surface area (Å²) in [5.41, 5.74) is 6.07. The van der Waals surface area contributed by atoms with E-state index in [1.165, 1.54) is 16.7 Å². The van der Waals surface area contributed by atoms with E-state index in [4.69, 9.17) is 16.3 Å². The lowest BCUT2D eigenvalue weighted by Gasteiger charge is -2.16. The SMILES string of the molecule is COc1cc(Cl)cc(C)c1-c1cc(C)cc(C(C)C)c1. The number of ether oxygens (including phenoxy) is 1. The normalized spacial score (nSPS) is 10.9. The molecule has 0 spiro atoms. The molecule has 0 aliphatic rings. The average Bonchev–Trinajstić information content (AvgIpc) is 2.36. The Bertz CT molecular complexity index is 630. The van der Waals surface area contributed by atoms with E-state index >= 15 is 0 Å². The highest BCUT2D eigenvalue weighted by atomic mass is 35.5. The van der Waals surface area contributed by atoms with E-state index in [1.807, 2.05) is 12.1 Å². The van der Waals surface area contributed by atoms with Crippen LogP contribution >= 0.6 is 11.6 Å². The first-order valence-corrected chi connectivity index (χ1v) is 7.26. The van der Waals surface area contributed by atoms with Crippen molar-refractivity contribution >= 4 is 11.6 Å². The Balaban J connectivity index is 2.68. The van der Waals surface area contributed by atoms with Gasteiger partial charge in [0.05, 0.1) is 7.11 Å². The van der Waals surface area contributed by atoms with Crippen molar-refractivity contribution in [2.75, 3.05) is 7.11 Å². The van der Waals surface area contributed by atoms with Gasteiger partial charge in [-0.2, -0.15) is 0 Å². The Morgan fingerprint density at radius 3 is 2.30 bits per heavy atom. The van der Waals surface area contributed by atoms with E-state index in [2.05, 4.69) is 45.9 Å². The van der Waals surface area contributed by atoms with Gasteiger partial charge in [0.1, 0.15) is 5.75 Å². The zero-order chi connectivity index (χ0) is 14.9. The maximum Gasteiger partial charge on any atom is 0.128 e. The van der Waals surface area contributed by atoms with Crippen LogP contribution in [0.2, 0.25) is 5.02 Å². The van der Waals surface area contributed by atoms with Crippen molar-refractivity contribution in [1.29, 1.82) is 0 Å². The summed E-state index contributed by atoms with van der Waals surface area (Å²) in [6.45, 7) is 8.63. The fourth-order valence-electron chi connectivity index (χ4n) is 2.53. The molecule has 0 aliphatic carbocycles. The van der Waals surface area contributed by atoms with Gasteiger partial charge in [0.15, 0.2) is 0 Å². The molecule has 1 nitrogen and oxygen atoms in total. The van der Waals surface area contributed by atoms with Crippen LogP contribution in [0.5, 0.6) is 5.75 Å². The number of halogens is 1. The van der Waals surface area contributed by atoms with Crippen LogP contribution < -0.4 is 4.74 Å². The van der Waals surface area contributed by atoms with Crippen LogP contribution in [0.4, 0.5) is 0 Å². The van der Waals surface area contributed by atoms with Gasteiger partial charge in [-0.3, -0.25) is 0 Å². The van der Waals surface area contributed by atoms with E-state index < -0.39 is 0 Å². The Morgan fingerprint density at radius 1 is 1.00 bits per heavy atom. The van der Waals surface area contributed by atoms with Crippen LogP contribution in [0.15, 0.2) is 30.3 Å². The Kier molecular flexibility index (Phi) is 4.39. The Labute approximate surface area is 126 Å². The topological polar surface area (TPSA) is 9.23 Å². The van der Waals surface area contributed by atoms with Crippen LogP contribution in [-0.4, -0.2) is 7.11 Å². The molecule has 2 rings (SSSR count). The molecule has 2 aromatic rings. The lowest BCUT2D eigenvalue weighted by Crippen LogP contribution is -1.95. The van der Waals surface area contributed by atoms with E-state index in [0.29, 0.717) is 10.9 Å². The molecule has 0 heterocycles. The second-order valence-corrected chi connectivity index (χ2v) is 6.02. The van der Waals surface area contributed by atoms with Crippen molar-refractivity contribution in [2.24, 2.45) is 0 Å². The average molecular weight is 289 g/mol. The largest absolute Gasteiger partial charge is 0.496 e. The predicted octanol–water partition coefficient (Wildman–Crippen LogP) is 5.76. The summed E-state index contributed by atoms with van der Waals surface area (Å²) >= 11 is 6.12. The first kappa shape index (κ1) is 14.9. The molecular weight excluding hydrogens is 268 g/mol. The van der Waals surface area contributed by atoms with Crippen molar-refractivity contribution in [3.8, 4) is 16.9 Å². The molecule has 0 radical (unpaired) electrons. The molecule has 106 valence electrons. The van der Waals surface area contributed by atoms with Gasteiger partial charge in [-0.25, -0.2) is 0 Å². The minimum Gasteiger partial charge on any atom is -0.496 e. The van der Waals surface area contributed by atoms with Gasteiger partial charge in [-0.05, 0) is 48.6 Å². The molecule has 0 amide bonds. The molecule has 0 unspecified atom stereocenters. The minimum absolute atomic E-state index is 0.507. The fourth-order valence-corrected chi connectivity index (χ4v) is 2.80. The monoisotopic (exact) mass is 288 g/mol. The molecule has 0 fully saturated rings. The van der Waals surface area contributed by atoms with Crippen molar-refractivity contribution in [3.63, 3.8) is 0 Å². The first-order chi connectivity index (χ1) is 9.42. The van der Waals surface area contributed by atoms with Crippen LogP contribution in [0.25, 0.3) is 11.1 Å². The maximum absolute atomic E-state index is 6.12. The van der Waals surface area contributed by atoms with Gasteiger partial charge >= 0.3 is 0 Å². The molecule has 0 aromatic heterocycles. The molecule has 20 heavy (non-hydrogen) atoms. The van der Waals surface area contributed by atoms with Gasteiger partial charge in [-0.1, -0.05) is 49.2 Å². The highest BCUT2D eigenvalue weighted by Gasteiger charge is 2.13.